The lowest BCUT2D eigenvalue weighted by Gasteiger charge is -2.12. The number of esters is 1. The normalized spacial score (nSPS) is 10.2. The molecule has 0 bridgehead atoms. The highest BCUT2D eigenvalue weighted by molar-refractivity contribution is 9.11. The second-order valence-electron chi connectivity index (χ2n) is 4.59. The Morgan fingerprint density at radius 2 is 1.71 bits per heavy atom. The number of ether oxygens (including phenoxy) is 2. The van der Waals surface area contributed by atoms with Gasteiger partial charge in [-0.15, -0.1) is 0 Å². The van der Waals surface area contributed by atoms with Crippen molar-refractivity contribution in [3.8, 4) is 5.75 Å². The standard InChI is InChI=1S/C16H12Br3NO4/c1-23-16(22)11-6-9(17)2-4-13(11)20-15(21)8-24-14-5-3-10(18)7-12(14)19/h2-7H,8H2,1H3,(H,20,21). The lowest BCUT2D eigenvalue weighted by molar-refractivity contribution is -0.118. The molecular weight excluding hydrogens is 510 g/mol. The topological polar surface area (TPSA) is 64.6 Å². The Hall–Kier alpha value is -1.38. The Balaban J connectivity index is 2.06. The number of halogens is 3. The van der Waals surface area contributed by atoms with E-state index in [4.69, 9.17) is 9.47 Å². The van der Waals surface area contributed by atoms with E-state index >= 15 is 0 Å². The number of benzene rings is 2. The van der Waals surface area contributed by atoms with Gasteiger partial charge in [0.2, 0.25) is 0 Å². The molecular formula is C16H12Br3NO4. The molecule has 0 spiro atoms. The summed E-state index contributed by atoms with van der Waals surface area (Å²) in [6, 6.07) is 10.3. The average molecular weight is 522 g/mol. The van der Waals surface area contributed by atoms with E-state index in [2.05, 4.69) is 53.1 Å². The van der Waals surface area contributed by atoms with Gasteiger partial charge in [-0.05, 0) is 52.3 Å². The molecule has 0 atom stereocenters. The second kappa shape index (κ2) is 8.64. The van der Waals surface area contributed by atoms with E-state index in [1.165, 1.54) is 7.11 Å². The molecule has 0 heterocycles. The number of rotatable bonds is 5. The van der Waals surface area contributed by atoms with Crippen molar-refractivity contribution in [2.24, 2.45) is 0 Å². The quantitative estimate of drug-likeness (QED) is 0.575. The number of hydrogen-bond donors (Lipinski definition) is 1. The van der Waals surface area contributed by atoms with Crippen molar-refractivity contribution >= 4 is 65.4 Å². The molecule has 8 heteroatoms. The van der Waals surface area contributed by atoms with E-state index in [0.29, 0.717) is 15.9 Å². The number of carbonyl (C=O) groups is 2. The Bertz CT molecular complexity index is 780. The van der Waals surface area contributed by atoms with Gasteiger partial charge in [-0.3, -0.25) is 4.79 Å². The zero-order chi connectivity index (χ0) is 17.7. The molecule has 0 unspecified atom stereocenters. The molecule has 0 radical (unpaired) electrons. The van der Waals surface area contributed by atoms with Crippen LogP contribution in [0.25, 0.3) is 0 Å². The van der Waals surface area contributed by atoms with Crippen molar-refractivity contribution < 1.29 is 19.1 Å². The SMILES string of the molecule is COC(=O)c1cc(Br)ccc1NC(=O)COc1ccc(Br)cc1Br. The fourth-order valence-electron chi connectivity index (χ4n) is 1.83. The summed E-state index contributed by atoms with van der Waals surface area (Å²) in [6.45, 7) is -0.198. The highest BCUT2D eigenvalue weighted by Crippen LogP contribution is 2.28. The summed E-state index contributed by atoms with van der Waals surface area (Å²) in [5.74, 6) is -0.391. The fraction of sp³-hybridized carbons (Fsp3) is 0.125. The molecule has 0 aliphatic carbocycles. The highest BCUT2D eigenvalue weighted by Gasteiger charge is 2.15. The van der Waals surface area contributed by atoms with Gasteiger partial charge in [0.1, 0.15) is 5.75 Å². The summed E-state index contributed by atoms with van der Waals surface area (Å²) >= 11 is 9.98. The molecule has 0 aliphatic rings. The van der Waals surface area contributed by atoms with Crippen LogP contribution in [0.4, 0.5) is 5.69 Å². The number of hydrogen-bond acceptors (Lipinski definition) is 4. The van der Waals surface area contributed by atoms with Gasteiger partial charge >= 0.3 is 5.97 Å². The number of methoxy groups -OCH3 is 1. The van der Waals surface area contributed by atoms with Crippen LogP contribution in [0.1, 0.15) is 10.4 Å². The van der Waals surface area contributed by atoms with Gasteiger partial charge < -0.3 is 14.8 Å². The van der Waals surface area contributed by atoms with Crippen LogP contribution in [0.5, 0.6) is 5.75 Å². The summed E-state index contributed by atoms with van der Waals surface area (Å²) in [7, 11) is 1.28. The van der Waals surface area contributed by atoms with Crippen LogP contribution in [-0.4, -0.2) is 25.6 Å². The minimum absolute atomic E-state index is 0.198. The molecule has 1 N–H and O–H groups in total. The molecule has 2 rings (SSSR count). The third-order valence-electron chi connectivity index (χ3n) is 2.91. The first-order valence-electron chi connectivity index (χ1n) is 6.66. The first kappa shape index (κ1) is 19.0. The van der Waals surface area contributed by atoms with Gasteiger partial charge in [-0.25, -0.2) is 4.79 Å². The van der Waals surface area contributed by atoms with Gasteiger partial charge in [-0.1, -0.05) is 31.9 Å². The minimum Gasteiger partial charge on any atom is -0.483 e. The Labute approximate surface area is 164 Å². The van der Waals surface area contributed by atoms with Crippen molar-refractivity contribution in [3.63, 3.8) is 0 Å². The highest BCUT2D eigenvalue weighted by atomic mass is 79.9. The molecule has 1 amide bonds. The third-order valence-corrected chi connectivity index (χ3v) is 4.52. The molecule has 0 saturated carbocycles. The first-order chi connectivity index (χ1) is 11.4. The lowest BCUT2D eigenvalue weighted by atomic mass is 10.2. The predicted molar refractivity (Wildman–Crippen MR) is 101 cm³/mol. The summed E-state index contributed by atoms with van der Waals surface area (Å²) in [5, 5.41) is 2.64. The Morgan fingerprint density at radius 3 is 2.38 bits per heavy atom. The lowest BCUT2D eigenvalue weighted by Crippen LogP contribution is -2.22. The van der Waals surface area contributed by atoms with Crippen LogP contribution >= 0.6 is 47.8 Å². The second-order valence-corrected chi connectivity index (χ2v) is 7.28. The molecule has 0 aliphatic heterocycles. The smallest absolute Gasteiger partial charge is 0.340 e. The van der Waals surface area contributed by atoms with Gasteiger partial charge in [0.15, 0.2) is 6.61 Å². The minimum atomic E-state index is -0.539. The number of amides is 1. The Kier molecular flexibility index (Phi) is 6.82. The summed E-state index contributed by atoms with van der Waals surface area (Å²) < 4.78 is 12.5. The predicted octanol–water partition coefficient (Wildman–Crippen LogP) is 4.78. The zero-order valence-corrected chi connectivity index (χ0v) is 17.2. The largest absolute Gasteiger partial charge is 0.483 e. The molecule has 0 aromatic heterocycles. The van der Waals surface area contributed by atoms with Gasteiger partial charge in [-0.2, -0.15) is 0 Å². The van der Waals surface area contributed by atoms with Crippen molar-refractivity contribution in [2.75, 3.05) is 19.0 Å². The maximum Gasteiger partial charge on any atom is 0.340 e. The third kappa shape index (κ3) is 5.06. The van der Waals surface area contributed by atoms with E-state index in [9.17, 15) is 9.59 Å². The summed E-state index contributed by atoms with van der Waals surface area (Å²) in [5.41, 5.74) is 0.610. The van der Waals surface area contributed by atoms with Gasteiger partial charge in [0.05, 0.1) is 22.8 Å². The fourth-order valence-corrected chi connectivity index (χ4v) is 3.35. The maximum atomic E-state index is 12.1. The van der Waals surface area contributed by atoms with E-state index in [1.54, 1.807) is 24.3 Å². The van der Waals surface area contributed by atoms with Crippen LogP contribution in [-0.2, 0) is 9.53 Å². The molecule has 0 saturated heterocycles. The maximum absolute atomic E-state index is 12.1. The van der Waals surface area contributed by atoms with Crippen LogP contribution in [0.2, 0.25) is 0 Å². The van der Waals surface area contributed by atoms with E-state index < -0.39 is 11.9 Å². The molecule has 5 nitrogen and oxygen atoms in total. The summed E-state index contributed by atoms with van der Waals surface area (Å²) in [6.07, 6.45) is 0. The van der Waals surface area contributed by atoms with E-state index in [1.807, 2.05) is 12.1 Å². The number of anilines is 1. The molecule has 0 fully saturated rings. The van der Waals surface area contributed by atoms with Crippen LogP contribution in [0.15, 0.2) is 49.8 Å². The summed E-state index contributed by atoms with van der Waals surface area (Å²) in [4.78, 5) is 23.9. The van der Waals surface area contributed by atoms with Gasteiger partial charge in [0, 0.05) is 8.95 Å². The zero-order valence-electron chi connectivity index (χ0n) is 12.4. The average Bonchev–Trinajstić information content (AvgIpc) is 2.55. The van der Waals surface area contributed by atoms with Crippen LogP contribution < -0.4 is 10.1 Å². The van der Waals surface area contributed by atoms with Crippen LogP contribution in [0.3, 0.4) is 0 Å². The molecule has 24 heavy (non-hydrogen) atoms. The monoisotopic (exact) mass is 519 g/mol. The van der Waals surface area contributed by atoms with E-state index in [0.717, 1.165) is 8.95 Å². The van der Waals surface area contributed by atoms with Gasteiger partial charge in [0.25, 0.3) is 5.91 Å². The molecule has 2 aromatic carbocycles. The first-order valence-corrected chi connectivity index (χ1v) is 9.04. The van der Waals surface area contributed by atoms with Crippen molar-refractivity contribution in [2.45, 2.75) is 0 Å². The van der Waals surface area contributed by atoms with Crippen LogP contribution in [0, 0.1) is 0 Å². The van der Waals surface area contributed by atoms with Crippen molar-refractivity contribution in [1.82, 2.24) is 0 Å². The van der Waals surface area contributed by atoms with E-state index in [-0.39, 0.29) is 12.2 Å². The van der Waals surface area contributed by atoms with Crippen molar-refractivity contribution in [1.29, 1.82) is 0 Å². The number of nitrogens with one attached hydrogen (secondary N) is 1. The molecule has 2 aromatic rings. The number of carbonyl (C=O) groups excluding carboxylic acids is 2. The molecule has 126 valence electrons. The van der Waals surface area contributed by atoms with Crippen molar-refractivity contribution in [3.05, 3.63) is 55.4 Å². The Morgan fingerprint density at radius 1 is 1.04 bits per heavy atom.